The molecule has 0 saturated carbocycles. The summed E-state index contributed by atoms with van der Waals surface area (Å²) in [5.41, 5.74) is -0.786. The number of ether oxygens (including phenoxy) is 2. The van der Waals surface area contributed by atoms with Crippen molar-refractivity contribution in [2.24, 2.45) is 0 Å². The van der Waals surface area contributed by atoms with E-state index >= 15 is 0 Å². The molecule has 0 heterocycles. The zero-order chi connectivity index (χ0) is 11.6. The van der Waals surface area contributed by atoms with Gasteiger partial charge in [-0.25, -0.2) is 0 Å². The number of rotatable bonds is 2. The second-order valence-corrected chi connectivity index (χ2v) is 3.73. The molecule has 0 bridgehead atoms. The van der Waals surface area contributed by atoms with Gasteiger partial charge < -0.3 is 0 Å². The summed E-state index contributed by atoms with van der Waals surface area (Å²) >= 11 is 1.86. The molecule has 0 atom stereocenters. The van der Waals surface area contributed by atoms with Gasteiger partial charge in [-0.15, -0.1) is 0 Å². The third kappa shape index (κ3) is 2.58. The molecule has 0 N–H and O–H groups in total. The number of hydrogen-bond donors (Lipinski definition) is 0. The van der Waals surface area contributed by atoms with Gasteiger partial charge in [0.25, 0.3) is 0 Å². The quantitative estimate of drug-likeness (QED) is 0.761. The number of hydrogen-bond acceptors (Lipinski definition) is 2. The Bertz CT molecular complexity index is 363. The van der Waals surface area contributed by atoms with Gasteiger partial charge in [0, 0.05) is 0 Å². The molecule has 0 saturated heterocycles. The van der Waals surface area contributed by atoms with E-state index in [1.54, 1.807) is 0 Å². The number of halogens is 3. The van der Waals surface area contributed by atoms with Crippen molar-refractivity contribution in [1.29, 1.82) is 0 Å². The fraction of sp³-hybridized carbons (Fsp3) is 0.333. The van der Waals surface area contributed by atoms with Crippen LogP contribution in [0.25, 0.3) is 0 Å². The second kappa shape index (κ2) is 4.33. The summed E-state index contributed by atoms with van der Waals surface area (Å²) in [6.07, 6.45) is -4.43. The molecule has 0 aliphatic carbocycles. The Balaban J connectivity index is 3.38. The molecular formula is C9H9F3O2Se. The molecular weight excluding hydrogens is 276 g/mol. The molecule has 2 nitrogen and oxygen atoms in total. The number of alkyl halides is 3. The van der Waals surface area contributed by atoms with Crippen LogP contribution in [0.2, 0.25) is 0 Å². The number of methoxy groups -OCH3 is 2. The van der Waals surface area contributed by atoms with E-state index in [1.165, 1.54) is 26.4 Å². The standard InChI is InChI=1S/C9H9F3O2Se/c1-13-5-3-6(14-2)8(7(15)4-5)9(10,11)12/h3-4,15H,1-2H3. The molecule has 15 heavy (non-hydrogen) atoms. The SMILES string of the molecule is COc1cc([SeH])c(C(F)(F)F)c(OC)c1. The molecule has 1 rings (SSSR count). The number of benzene rings is 1. The van der Waals surface area contributed by atoms with Crippen LogP contribution in [0.5, 0.6) is 11.5 Å². The third-order valence-electron chi connectivity index (χ3n) is 1.79. The molecule has 6 heteroatoms. The van der Waals surface area contributed by atoms with Crippen LogP contribution in [-0.2, 0) is 6.18 Å². The van der Waals surface area contributed by atoms with E-state index in [0.717, 1.165) is 0 Å². The van der Waals surface area contributed by atoms with Crippen LogP contribution in [0.3, 0.4) is 0 Å². The van der Waals surface area contributed by atoms with Gasteiger partial charge in [-0.1, -0.05) is 0 Å². The summed E-state index contributed by atoms with van der Waals surface area (Å²) < 4.78 is 47.4. The van der Waals surface area contributed by atoms with Crippen molar-refractivity contribution in [3.05, 3.63) is 17.7 Å². The molecule has 1 aromatic rings. The van der Waals surface area contributed by atoms with Gasteiger partial charge >= 0.3 is 92.7 Å². The first-order chi connectivity index (χ1) is 6.90. The molecule has 1 aromatic carbocycles. The van der Waals surface area contributed by atoms with E-state index in [-0.39, 0.29) is 10.2 Å². The van der Waals surface area contributed by atoms with Crippen molar-refractivity contribution in [1.82, 2.24) is 0 Å². The van der Waals surface area contributed by atoms with Crippen molar-refractivity contribution in [2.45, 2.75) is 6.18 Å². The Hall–Kier alpha value is -0.871. The third-order valence-corrected chi connectivity index (χ3v) is 2.53. The Morgan fingerprint density at radius 1 is 1.13 bits per heavy atom. The van der Waals surface area contributed by atoms with Crippen LogP contribution in [0.4, 0.5) is 13.2 Å². The van der Waals surface area contributed by atoms with Crippen LogP contribution in [0.1, 0.15) is 5.56 Å². The van der Waals surface area contributed by atoms with Crippen LogP contribution < -0.4 is 13.9 Å². The zero-order valence-corrected chi connectivity index (χ0v) is 9.93. The fourth-order valence-corrected chi connectivity index (χ4v) is 1.90. The van der Waals surface area contributed by atoms with E-state index in [2.05, 4.69) is 4.74 Å². The van der Waals surface area contributed by atoms with E-state index in [4.69, 9.17) is 4.74 Å². The predicted molar refractivity (Wildman–Crippen MR) is 51.3 cm³/mol. The zero-order valence-electron chi connectivity index (χ0n) is 8.05. The average molecular weight is 285 g/mol. The van der Waals surface area contributed by atoms with Gasteiger partial charge in [0.2, 0.25) is 0 Å². The van der Waals surface area contributed by atoms with E-state index in [1.807, 2.05) is 16.0 Å². The summed E-state index contributed by atoms with van der Waals surface area (Å²) in [7, 11) is 2.57. The molecule has 0 amide bonds. The van der Waals surface area contributed by atoms with Gasteiger partial charge in [-0.05, 0) is 0 Å². The molecule has 0 spiro atoms. The van der Waals surface area contributed by atoms with Crippen molar-refractivity contribution in [3.8, 4) is 11.5 Å². The first-order valence-electron chi connectivity index (χ1n) is 3.92. The minimum absolute atomic E-state index is 0.0196. The monoisotopic (exact) mass is 286 g/mol. The summed E-state index contributed by atoms with van der Waals surface area (Å²) in [5.74, 6) is 0.0907. The summed E-state index contributed by atoms with van der Waals surface area (Å²) in [4.78, 5) is 0. The first kappa shape index (κ1) is 12.2. The topological polar surface area (TPSA) is 18.5 Å². The van der Waals surface area contributed by atoms with Crippen molar-refractivity contribution < 1.29 is 22.6 Å². The molecule has 0 fully saturated rings. The van der Waals surface area contributed by atoms with Gasteiger partial charge in [0.05, 0.1) is 0 Å². The average Bonchev–Trinajstić information content (AvgIpc) is 2.14. The first-order valence-corrected chi connectivity index (χ1v) is 4.86. The van der Waals surface area contributed by atoms with Crippen molar-refractivity contribution in [3.63, 3.8) is 0 Å². The van der Waals surface area contributed by atoms with E-state index < -0.39 is 11.7 Å². The maximum atomic E-state index is 12.6. The van der Waals surface area contributed by atoms with Crippen LogP contribution in [-0.4, -0.2) is 30.2 Å². The van der Waals surface area contributed by atoms with Crippen LogP contribution in [0.15, 0.2) is 12.1 Å². The molecule has 0 unspecified atom stereocenters. The molecule has 84 valence electrons. The summed E-state index contributed by atoms with van der Waals surface area (Å²) in [5, 5.41) is 0. The minimum atomic E-state index is -4.43. The Morgan fingerprint density at radius 2 is 1.73 bits per heavy atom. The van der Waals surface area contributed by atoms with E-state index in [9.17, 15) is 13.2 Å². The van der Waals surface area contributed by atoms with Crippen LogP contribution in [0, 0.1) is 0 Å². The summed E-state index contributed by atoms with van der Waals surface area (Å²) in [6, 6.07) is 2.51. The Labute approximate surface area is 93.2 Å². The Kier molecular flexibility index (Phi) is 3.52. The predicted octanol–water partition coefficient (Wildman–Crippen LogP) is 1.25. The molecule has 0 aliphatic rings. The summed E-state index contributed by atoms with van der Waals surface area (Å²) in [6.45, 7) is 0. The van der Waals surface area contributed by atoms with Gasteiger partial charge in [-0.2, -0.15) is 0 Å². The van der Waals surface area contributed by atoms with E-state index in [0.29, 0.717) is 5.75 Å². The van der Waals surface area contributed by atoms with Gasteiger partial charge in [-0.3, -0.25) is 0 Å². The second-order valence-electron chi connectivity index (χ2n) is 2.72. The fourth-order valence-electron chi connectivity index (χ4n) is 1.14. The van der Waals surface area contributed by atoms with Gasteiger partial charge in [0.15, 0.2) is 0 Å². The maximum absolute atomic E-state index is 12.6. The normalized spacial score (nSPS) is 11.3. The Morgan fingerprint density at radius 3 is 2.13 bits per heavy atom. The van der Waals surface area contributed by atoms with Crippen molar-refractivity contribution in [2.75, 3.05) is 14.2 Å². The molecule has 0 aliphatic heterocycles. The van der Waals surface area contributed by atoms with Gasteiger partial charge in [0.1, 0.15) is 0 Å². The van der Waals surface area contributed by atoms with Crippen molar-refractivity contribution >= 4 is 20.5 Å². The molecule has 0 aromatic heterocycles. The molecule has 0 radical (unpaired) electrons. The van der Waals surface area contributed by atoms with Crippen LogP contribution >= 0.6 is 0 Å².